The Labute approximate surface area is 193 Å². The zero-order valence-electron chi connectivity index (χ0n) is 18.2. The molecular weight excluding hydrogens is 438 g/mol. The molecule has 1 heterocycles. The van der Waals surface area contributed by atoms with Crippen LogP contribution in [0.1, 0.15) is 27.0 Å². The third-order valence-electron chi connectivity index (χ3n) is 5.54. The van der Waals surface area contributed by atoms with E-state index in [0.717, 1.165) is 11.1 Å². The highest BCUT2D eigenvalue weighted by molar-refractivity contribution is 7.90. The maximum atomic E-state index is 12.8. The first kappa shape index (κ1) is 22.5. The lowest BCUT2D eigenvalue weighted by Crippen LogP contribution is -2.43. The van der Waals surface area contributed by atoms with Crippen molar-refractivity contribution in [3.63, 3.8) is 0 Å². The Morgan fingerprint density at radius 2 is 1.70 bits per heavy atom. The van der Waals surface area contributed by atoms with Gasteiger partial charge in [-0.3, -0.25) is 9.59 Å². The second-order valence-electron chi connectivity index (χ2n) is 8.10. The van der Waals surface area contributed by atoms with E-state index >= 15 is 0 Å². The molecule has 0 saturated heterocycles. The summed E-state index contributed by atoms with van der Waals surface area (Å²) in [4.78, 5) is 25.1. The van der Waals surface area contributed by atoms with E-state index in [2.05, 4.69) is 16.0 Å². The first-order valence-electron chi connectivity index (χ1n) is 10.6. The van der Waals surface area contributed by atoms with Gasteiger partial charge in [0.25, 0.3) is 5.91 Å². The van der Waals surface area contributed by atoms with Crippen LogP contribution in [0.5, 0.6) is 0 Å². The Morgan fingerprint density at radius 1 is 0.970 bits per heavy atom. The first-order valence-corrected chi connectivity index (χ1v) is 12.4. The van der Waals surface area contributed by atoms with Gasteiger partial charge in [0, 0.05) is 12.1 Å². The molecule has 8 heteroatoms. The quantitative estimate of drug-likeness (QED) is 0.499. The molecule has 0 aromatic heterocycles. The summed E-state index contributed by atoms with van der Waals surface area (Å²) in [5.41, 5.74) is 4.01. The van der Waals surface area contributed by atoms with Crippen molar-refractivity contribution in [1.29, 1.82) is 0 Å². The van der Waals surface area contributed by atoms with Gasteiger partial charge in [-0.15, -0.1) is 0 Å². The van der Waals surface area contributed by atoms with E-state index in [9.17, 15) is 18.0 Å². The monoisotopic (exact) mass is 463 g/mol. The number of carbonyl (C=O) groups excluding carboxylic acids is 2. The third kappa shape index (κ3) is 5.59. The molecule has 4 rings (SSSR count). The number of amides is 2. The minimum absolute atomic E-state index is 0.139. The summed E-state index contributed by atoms with van der Waals surface area (Å²) in [7, 11) is -3.56. The Balaban J connectivity index is 1.45. The van der Waals surface area contributed by atoms with E-state index in [1.807, 2.05) is 49.4 Å². The number of hydrogen-bond acceptors (Lipinski definition) is 5. The number of fused-ring (bicyclic) bond motifs is 1. The molecule has 0 spiro atoms. The highest BCUT2D eigenvalue weighted by Crippen LogP contribution is 2.28. The molecule has 1 atom stereocenters. The predicted octanol–water partition coefficient (Wildman–Crippen LogP) is 3.27. The van der Waals surface area contributed by atoms with Crippen molar-refractivity contribution >= 4 is 33.0 Å². The van der Waals surface area contributed by atoms with Crippen LogP contribution in [0.4, 0.5) is 11.4 Å². The second-order valence-corrected chi connectivity index (χ2v) is 10.2. The molecule has 3 aromatic carbocycles. The molecule has 0 radical (unpaired) electrons. The number of benzene rings is 3. The summed E-state index contributed by atoms with van der Waals surface area (Å²) in [6, 6.07) is 20.8. The molecular formula is C25H25N3O4S. The number of carbonyl (C=O) groups is 2. The van der Waals surface area contributed by atoms with E-state index in [0.29, 0.717) is 29.0 Å². The lowest BCUT2D eigenvalue weighted by molar-refractivity contribution is -0.116. The lowest BCUT2D eigenvalue weighted by atomic mass is 10.1. The van der Waals surface area contributed by atoms with Crippen LogP contribution in [0.3, 0.4) is 0 Å². The average Bonchev–Trinajstić information content (AvgIpc) is 2.79. The number of sulfone groups is 1. The van der Waals surface area contributed by atoms with Gasteiger partial charge in [-0.05, 0) is 41.8 Å². The Hall–Kier alpha value is -3.65. The van der Waals surface area contributed by atoms with E-state index < -0.39 is 21.8 Å². The van der Waals surface area contributed by atoms with Crippen molar-refractivity contribution in [1.82, 2.24) is 5.32 Å². The molecule has 170 valence electrons. The number of hydrogen-bond donors (Lipinski definition) is 3. The Morgan fingerprint density at radius 3 is 2.45 bits per heavy atom. The summed E-state index contributed by atoms with van der Waals surface area (Å²) < 4.78 is 25.6. The molecule has 0 aliphatic carbocycles. The van der Waals surface area contributed by atoms with Crippen molar-refractivity contribution in [2.45, 2.75) is 25.3 Å². The van der Waals surface area contributed by atoms with Gasteiger partial charge in [0.05, 0.1) is 22.9 Å². The van der Waals surface area contributed by atoms with Crippen LogP contribution in [-0.4, -0.2) is 32.0 Å². The number of nitrogens with one attached hydrogen (secondary N) is 3. The minimum Gasteiger partial charge on any atom is -0.371 e. The topological polar surface area (TPSA) is 104 Å². The Bertz CT molecular complexity index is 1290. The van der Waals surface area contributed by atoms with Gasteiger partial charge in [-0.1, -0.05) is 54.6 Å². The molecule has 2 amide bonds. The average molecular weight is 464 g/mol. The van der Waals surface area contributed by atoms with Crippen LogP contribution < -0.4 is 16.0 Å². The van der Waals surface area contributed by atoms with Gasteiger partial charge in [0.1, 0.15) is 6.04 Å². The van der Waals surface area contributed by atoms with Crippen molar-refractivity contribution in [2.24, 2.45) is 0 Å². The molecule has 0 fully saturated rings. The van der Waals surface area contributed by atoms with E-state index in [1.54, 1.807) is 30.3 Å². The minimum atomic E-state index is -3.56. The predicted molar refractivity (Wildman–Crippen MR) is 129 cm³/mol. The van der Waals surface area contributed by atoms with Crippen LogP contribution in [0.2, 0.25) is 0 Å². The smallest absolute Gasteiger partial charge is 0.251 e. The van der Waals surface area contributed by atoms with E-state index in [4.69, 9.17) is 0 Å². The summed E-state index contributed by atoms with van der Waals surface area (Å²) in [5.74, 6) is -1.17. The van der Waals surface area contributed by atoms with Crippen LogP contribution >= 0.6 is 0 Å². The number of aryl methyl sites for hydroxylation is 1. The molecule has 3 aromatic rings. The second kappa shape index (κ2) is 9.46. The zero-order chi connectivity index (χ0) is 23.4. The van der Waals surface area contributed by atoms with Crippen LogP contribution in [0, 0.1) is 6.92 Å². The molecule has 3 N–H and O–H groups in total. The number of rotatable bonds is 7. The van der Waals surface area contributed by atoms with Crippen LogP contribution in [-0.2, 0) is 26.9 Å². The molecule has 0 bridgehead atoms. The molecule has 1 aliphatic rings. The van der Waals surface area contributed by atoms with Gasteiger partial charge < -0.3 is 16.0 Å². The molecule has 7 nitrogen and oxygen atoms in total. The van der Waals surface area contributed by atoms with Crippen LogP contribution in [0.15, 0.2) is 72.8 Å². The summed E-state index contributed by atoms with van der Waals surface area (Å²) in [5, 5.41) is 8.60. The zero-order valence-corrected chi connectivity index (χ0v) is 19.0. The highest BCUT2D eigenvalue weighted by atomic mass is 32.2. The van der Waals surface area contributed by atoms with Crippen molar-refractivity contribution in [3.8, 4) is 0 Å². The van der Waals surface area contributed by atoms with Gasteiger partial charge in [-0.2, -0.15) is 0 Å². The standard InChI is InChI=1S/C25H25N3O4S/c1-17-7-5-6-10-20(17)15-33(31,32)16-23-25(30)28-21-12-11-19(13-22(21)27-23)24(29)26-14-18-8-3-2-4-9-18/h2-13,23,27H,14-16H2,1H3,(H,26,29)(H,28,30). The normalized spacial score (nSPS) is 15.2. The van der Waals surface area contributed by atoms with Crippen LogP contribution in [0.25, 0.3) is 0 Å². The maximum absolute atomic E-state index is 12.8. The van der Waals surface area contributed by atoms with Gasteiger partial charge >= 0.3 is 0 Å². The fourth-order valence-electron chi connectivity index (χ4n) is 3.71. The molecule has 0 saturated carbocycles. The van der Waals surface area contributed by atoms with Gasteiger partial charge in [-0.25, -0.2) is 8.42 Å². The number of anilines is 2. The fraction of sp³-hybridized carbons (Fsp3) is 0.200. The maximum Gasteiger partial charge on any atom is 0.251 e. The van der Waals surface area contributed by atoms with Crippen molar-refractivity contribution < 1.29 is 18.0 Å². The molecule has 1 unspecified atom stereocenters. The third-order valence-corrected chi connectivity index (χ3v) is 7.13. The summed E-state index contributed by atoms with van der Waals surface area (Å²) in [6.07, 6.45) is 0. The largest absolute Gasteiger partial charge is 0.371 e. The van der Waals surface area contributed by atoms with Crippen molar-refractivity contribution in [2.75, 3.05) is 16.4 Å². The van der Waals surface area contributed by atoms with E-state index in [-0.39, 0.29) is 17.4 Å². The van der Waals surface area contributed by atoms with Gasteiger partial charge in [0.2, 0.25) is 5.91 Å². The van der Waals surface area contributed by atoms with Gasteiger partial charge in [0.15, 0.2) is 9.84 Å². The Kier molecular flexibility index (Phi) is 6.46. The highest BCUT2D eigenvalue weighted by Gasteiger charge is 2.30. The first-order chi connectivity index (χ1) is 15.8. The lowest BCUT2D eigenvalue weighted by Gasteiger charge is -2.27. The van der Waals surface area contributed by atoms with Crippen molar-refractivity contribution in [3.05, 3.63) is 95.1 Å². The summed E-state index contributed by atoms with van der Waals surface area (Å²) in [6.45, 7) is 2.25. The SMILES string of the molecule is Cc1ccccc1CS(=O)(=O)CC1Nc2cc(C(=O)NCc3ccccc3)ccc2NC1=O. The van der Waals surface area contributed by atoms with E-state index in [1.165, 1.54) is 0 Å². The molecule has 1 aliphatic heterocycles. The summed E-state index contributed by atoms with van der Waals surface area (Å²) >= 11 is 0. The molecule has 33 heavy (non-hydrogen) atoms. The fourth-order valence-corrected chi connectivity index (χ4v) is 5.36.